The van der Waals surface area contributed by atoms with Crippen LogP contribution in [0.2, 0.25) is 0 Å². The molecular weight excluding hydrogens is 258 g/mol. The lowest BCUT2D eigenvalue weighted by atomic mass is 10.2. The summed E-state index contributed by atoms with van der Waals surface area (Å²) in [6.07, 6.45) is 1.39. The molecule has 1 aromatic heterocycles. The third-order valence-electron chi connectivity index (χ3n) is 2.67. The molecule has 0 spiro atoms. The normalized spacial score (nSPS) is 10.1. The average molecular weight is 273 g/mol. The molecule has 0 amide bonds. The zero-order valence-corrected chi connectivity index (χ0v) is 11.3. The van der Waals surface area contributed by atoms with Crippen LogP contribution >= 0.6 is 0 Å². The quantitative estimate of drug-likeness (QED) is 0.829. The Labute approximate surface area is 116 Å². The number of esters is 1. The van der Waals surface area contributed by atoms with Gasteiger partial charge in [-0.15, -0.1) is 0 Å². The van der Waals surface area contributed by atoms with Gasteiger partial charge < -0.3 is 15.2 Å². The van der Waals surface area contributed by atoms with E-state index in [2.05, 4.69) is 15.3 Å². The van der Waals surface area contributed by atoms with E-state index >= 15 is 0 Å². The molecule has 0 fully saturated rings. The van der Waals surface area contributed by atoms with Gasteiger partial charge >= 0.3 is 5.97 Å². The number of phenolic OH excluding ortho intramolecular Hbond substituents is 1. The van der Waals surface area contributed by atoms with Gasteiger partial charge in [0.2, 0.25) is 0 Å². The molecule has 0 radical (unpaired) electrons. The SMILES string of the molecule is CCOC(=O)c1cnc(-c2ccccc2O)nc1NC. The molecular formula is C14H15N3O3. The van der Waals surface area contributed by atoms with E-state index in [0.29, 0.717) is 17.2 Å². The summed E-state index contributed by atoms with van der Waals surface area (Å²) >= 11 is 0. The molecule has 2 aromatic rings. The van der Waals surface area contributed by atoms with E-state index in [-0.39, 0.29) is 17.9 Å². The fourth-order valence-electron chi connectivity index (χ4n) is 1.72. The number of nitrogens with one attached hydrogen (secondary N) is 1. The molecule has 1 aromatic carbocycles. The first kappa shape index (κ1) is 13.8. The molecule has 0 bridgehead atoms. The standard InChI is InChI=1S/C14H15N3O3/c1-3-20-14(19)10-8-16-13(17-12(10)15-2)9-6-4-5-7-11(9)18/h4-8,18H,3H2,1-2H3,(H,15,16,17). The maximum atomic E-state index is 11.7. The zero-order valence-electron chi connectivity index (χ0n) is 11.3. The van der Waals surface area contributed by atoms with Gasteiger partial charge in [0.1, 0.15) is 17.1 Å². The number of hydrogen-bond acceptors (Lipinski definition) is 6. The lowest BCUT2D eigenvalue weighted by Crippen LogP contribution is -2.10. The number of nitrogens with zero attached hydrogens (tertiary/aromatic N) is 2. The summed E-state index contributed by atoms with van der Waals surface area (Å²) < 4.78 is 4.93. The Bertz CT molecular complexity index is 629. The minimum atomic E-state index is -0.485. The van der Waals surface area contributed by atoms with Crippen molar-refractivity contribution in [3.63, 3.8) is 0 Å². The van der Waals surface area contributed by atoms with Gasteiger partial charge in [0, 0.05) is 13.2 Å². The molecule has 2 rings (SSSR count). The summed E-state index contributed by atoms with van der Waals surface area (Å²) in [4.78, 5) is 20.1. The van der Waals surface area contributed by atoms with Gasteiger partial charge in [-0.05, 0) is 19.1 Å². The number of carbonyl (C=O) groups is 1. The van der Waals surface area contributed by atoms with Crippen molar-refractivity contribution in [2.24, 2.45) is 0 Å². The van der Waals surface area contributed by atoms with Crippen molar-refractivity contribution in [2.75, 3.05) is 19.0 Å². The smallest absolute Gasteiger partial charge is 0.343 e. The van der Waals surface area contributed by atoms with Gasteiger partial charge in [0.05, 0.1) is 12.2 Å². The Morgan fingerprint density at radius 1 is 1.40 bits per heavy atom. The van der Waals surface area contributed by atoms with Gasteiger partial charge in [0.15, 0.2) is 5.82 Å². The Morgan fingerprint density at radius 3 is 2.80 bits per heavy atom. The molecule has 0 aliphatic heterocycles. The summed E-state index contributed by atoms with van der Waals surface area (Å²) in [7, 11) is 1.65. The number of carbonyl (C=O) groups excluding carboxylic acids is 1. The molecule has 20 heavy (non-hydrogen) atoms. The van der Waals surface area contributed by atoms with Gasteiger partial charge in [-0.1, -0.05) is 12.1 Å². The third kappa shape index (κ3) is 2.69. The highest BCUT2D eigenvalue weighted by Gasteiger charge is 2.16. The van der Waals surface area contributed by atoms with Crippen molar-refractivity contribution in [3.8, 4) is 17.1 Å². The summed E-state index contributed by atoms with van der Waals surface area (Å²) in [6, 6.07) is 6.74. The molecule has 0 unspecified atom stereocenters. The number of aromatic hydroxyl groups is 1. The molecule has 6 heteroatoms. The predicted molar refractivity (Wildman–Crippen MR) is 74.6 cm³/mol. The number of benzene rings is 1. The molecule has 1 heterocycles. The van der Waals surface area contributed by atoms with Crippen molar-refractivity contribution >= 4 is 11.8 Å². The number of phenols is 1. The van der Waals surface area contributed by atoms with Crippen LogP contribution in [0.25, 0.3) is 11.4 Å². The summed E-state index contributed by atoms with van der Waals surface area (Å²) in [5.41, 5.74) is 0.757. The van der Waals surface area contributed by atoms with E-state index in [0.717, 1.165) is 0 Å². The Balaban J connectivity index is 2.45. The fourth-order valence-corrected chi connectivity index (χ4v) is 1.72. The second kappa shape index (κ2) is 6.01. The molecule has 0 aliphatic rings. The van der Waals surface area contributed by atoms with Gasteiger partial charge in [0.25, 0.3) is 0 Å². The van der Waals surface area contributed by atoms with Crippen LogP contribution < -0.4 is 5.32 Å². The third-order valence-corrected chi connectivity index (χ3v) is 2.67. The average Bonchev–Trinajstić information content (AvgIpc) is 2.47. The van der Waals surface area contributed by atoms with Crippen molar-refractivity contribution in [1.82, 2.24) is 9.97 Å². The highest BCUT2D eigenvalue weighted by Crippen LogP contribution is 2.27. The number of ether oxygens (including phenoxy) is 1. The van der Waals surface area contributed by atoms with Crippen LogP contribution in [0, 0.1) is 0 Å². The van der Waals surface area contributed by atoms with Crippen LogP contribution in [0.4, 0.5) is 5.82 Å². The van der Waals surface area contributed by atoms with Crippen molar-refractivity contribution in [3.05, 3.63) is 36.0 Å². The monoisotopic (exact) mass is 273 g/mol. The number of rotatable bonds is 4. The number of anilines is 1. The van der Waals surface area contributed by atoms with Crippen LogP contribution in [0.1, 0.15) is 17.3 Å². The van der Waals surface area contributed by atoms with E-state index in [1.165, 1.54) is 6.20 Å². The van der Waals surface area contributed by atoms with E-state index in [1.807, 2.05) is 0 Å². The highest BCUT2D eigenvalue weighted by molar-refractivity contribution is 5.94. The lowest BCUT2D eigenvalue weighted by molar-refractivity contribution is 0.0526. The maximum absolute atomic E-state index is 11.7. The Hall–Kier alpha value is -2.63. The first-order valence-electron chi connectivity index (χ1n) is 6.17. The van der Waals surface area contributed by atoms with E-state index < -0.39 is 5.97 Å². The summed E-state index contributed by atoms with van der Waals surface area (Å²) in [6.45, 7) is 2.01. The Morgan fingerprint density at radius 2 is 2.15 bits per heavy atom. The summed E-state index contributed by atoms with van der Waals surface area (Å²) in [5, 5.41) is 12.6. The molecule has 0 saturated carbocycles. The first-order valence-corrected chi connectivity index (χ1v) is 6.17. The van der Waals surface area contributed by atoms with Crippen molar-refractivity contribution in [1.29, 1.82) is 0 Å². The van der Waals surface area contributed by atoms with Crippen molar-refractivity contribution in [2.45, 2.75) is 6.92 Å². The van der Waals surface area contributed by atoms with Gasteiger partial charge in [-0.25, -0.2) is 14.8 Å². The van der Waals surface area contributed by atoms with E-state index in [4.69, 9.17) is 4.74 Å². The number of aromatic nitrogens is 2. The number of para-hydroxylation sites is 1. The van der Waals surface area contributed by atoms with Crippen LogP contribution in [0.15, 0.2) is 30.5 Å². The summed E-state index contributed by atoms with van der Waals surface area (Å²) in [5.74, 6) is 0.288. The Kier molecular flexibility index (Phi) is 4.14. The van der Waals surface area contributed by atoms with Crippen LogP contribution in [0.3, 0.4) is 0 Å². The maximum Gasteiger partial charge on any atom is 0.343 e. The molecule has 0 aliphatic carbocycles. The molecule has 6 nitrogen and oxygen atoms in total. The zero-order chi connectivity index (χ0) is 14.5. The second-order valence-electron chi connectivity index (χ2n) is 3.94. The van der Waals surface area contributed by atoms with E-state index in [9.17, 15) is 9.90 Å². The van der Waals surface area contributed by atoms with Crippen molar-refractivity contribution < 1.29 is 14.6 Å². The van der Waals surface area contributed by atoms with Crippen LogP contribution in [0.5, 0.6) is 5.75 Å². The topological polar surface area (TPSA) is 84.3 Å². The molecule has 0 atom stereocenters. The molecule has 104 valence electrons. The number of hydrogen-bond donors (Lipinski definition) is 2. The second-order valence-corrected chi connectivity index (χ2v) is 3.94. The largest absolute Gasteiger partial charge is 0.507 e. The predicted octanol–water partition coefficient (Wildman–Crippen LogP) is 2.07. The molecule has 2 N–H and O–H groups in total. The van der Waals surface area contributed by atoms with E-state index in [1.54, 1.807) is 38.2 Å². The highest BCUT2D eigenvalue weighted by atomic mass is 16.5. The van der Waals surface area contributed by atoms with Gasteiger partial charge in [-0.2, -0.15) is 0 Å². The van der Waals surface area contributed by atoms with Gasteiger partial charge in [-0.3, -0.25) is 0 Å². The lowest BCUT2D eigenvalue weighted by Gasteiger charge is -2.09. The fraction of sp³-hybridized carbons (Fsp3) is 0.214. The minimum absolute atomic E-state index is 0.0819. The minimum Gasteiger partial charge on any atom is -0.507 e. The van der Waals surface area contributed by atoms with Crippen LogP contribution in [-0.2, 0) is 4.74 Å². The molecule has 0 saturated heterocycles. The van der Waals surface area contributed by atoms with Crippen LogP contribution in [-0.4, -0.2) is 34.7 Å². The first-order chi connectivity index (χ1) is 9.67.